The fourth-order valence-corrected chi connectivity index (χ4v) is 2.71. The van der Waals surface area contributed by atoms with Crippen molar-refractivity contribution in [1.82, 2.24) is 10.2 Å². The minimum Gasteiger partial charge on any atom is -0.393 e. The normalized spacial score (nSPS) is 26.4. The third-order valence-corrected chi connectivity index (χ3v) is 4.50. The zero-order valence-corrected chi connectivity index (χ0v) is 13.8. The van der Waals surface area contributed by atoms with E-state index in [9.17, 15) is 5.11 Å². The van der Waals surface area contributed by atoms with Crippen molar-refractivity contribution in [3.05, 3.63) is 0 Å². The summed E-state index contributed by atoms with van der Waals surface area (Å²) < 4.78 is 0. The van der Waals surface area contributed by atoms with Crippen LogP contribution in [-0.2, 0) is 0 Å². The smallest absolute Gasteiger partial charge is 0.0552 e. The van der Waals surface area contributed by atoms with Gasteiger partial charge in [-0.05, 0) is 58.4 Å². The highest BCUT2D eigenvalue weighted by Crippen LogP contribution is 2.27. The molecule has 1 heterocycles. The van der Waals surface area contributed by atoms with E-state index in [1.807, 2.05) is 6.92 Å². The molecule has 2 N–H and O–H groups in total. The molecule has 1 rings (SSSR count). The minimum atomic E-state index is -0.161. The molecule has 3 unspecified atom stereocenters. The first-order valence-corrected chi connectivity index (χ1v) is 7.81. The number of aliphatic hydroxyl groups excluding tert-OH is 1. The van der Waals surface area contributed by atoms with Gasteiger partial charge in [-0.1, -0.05) is 13.8 Å². The highest BCUT2D eigenvalue weighted by molar-refractivity contribution is 4.87. The van der Waals surface area contributed by atoms with Crippen LogP contribution >= 0.6 is 0 Å². The molecule has 1 aliphatic rings. The highest BCUT2D eigenvalue weighted by Gasteiger charge is 2.32. The molecular formula is C16H34N2O. The molecule has 0 aliphatic carbocycles. The van der Waals surface area contributed by atoms with Gasteiger partial charge in [-0.3, -0.25) is 0 Å². The van der Waals surface area contributed by atoms with E-state index in [1.54, 1.807) is 0 Å². The fourth-order valence-electron chi connectivity index (χ4n) is 2.71. The van der Waals surface area contributed by atoms with Gasteiger partial charge in [-0.15, -0.1) is 0 Å². The maximum Gasteiger partial charge on any atom is 0.0552 e. The monoisotopic (exact) mass is 270 g/mol. The van der Waals surface area contributed by atoms with Gasteiger partial charge in [-0.2, -0.15) is 0 Å². The first kappa shape index (κ1) is 16.9. The van der Waals surface area contributed by atoms with Gasteiger partial charge in [0, 0.05) is 25.2 Å². The Bertz CT molecular complexity index is 272. The number of nitrogens with one attached hydrogen (secondary N) is 1. The van der Waals surface area contributed by atoms with Crippen molar-refractivity contribution in [2.24, 2.45) is 11.3 Å². The Kier molecular flexibility index (Phi) is 5.84. The third-order valence-electron chi connectivity index (χ3n) is 4.50. The van der Waals surface area contributed by atoms with Crippen LogP contribution in [0.3, 0.4) is 0 Å². The van der Waals surface area contributed by atoms with Crippen LogP contribution in [0.15, 0.2) is 0 Å². The molecule has 19 heavy (non-hydrogen) atoms. The predicted octanol–water partition coefficient (Wildman–Crippen LogP) is 2.49. The average Bonchev–Trinajstić information content (AvgIpc) is 2.74. The van der Waals surface area contributed by atoms with Gasteiger partial charge in [-0.25, -0.2) is 0 Å². The van der Waals surface area contributed by atoms with Crippen LogP contribution < -0.4 is 5.32 Å². The van der Waals surface area contributed by atoms with E-state index < -0.39 is 0 Å². The lowest BCUT2D eigenvalue weighted by atomic mass is 9.86. The summed E-state index contributed by atoms with van der Waals surface area (Å²) in [6.07, 6.45) is 2.17. The largest absolute Gasteiger partial charge is 0.393 e. The topological polar surface area (TPSA) is 35.5 Å². The Labute approximate surface area is 119 Å². The molecule has 0 radical (unpaired) electrons. The van der Waals surface area contributed by atoms with E-state index in [0.717, 1.165) is 32.6 Å². The zero-order valence-electron chi connectivity index (χ0n) is 13.8. The molecule has 0 aromatic heterocycles. The molecule has 1 aliphatic heterocycles. The molecule has 0 saturated carbocycles. The standard InChI is InChI=1S/C16H34N2O/c1-7-16(6,11-17-15(3,4)5)12-18-9-8-14(10-18)13(2)19/h13-14,17,19H,7-12H2,1-6H3. The van der Waals surface area contributed by atoms with E-state index >= 15 is 0 Å². The van der Waals surface area contributed by atoms with E-state index in [1.165, 1.54) is 6.42 Å². The molecule has 0 spiro atoms. The Morgan fingerprint density at radius 3 is 2.37 bits per heavy atom. The van der Waals surface area contributed by atoms with Crippen molar-refractivity contribution in [3.63, 3.8) is 0 Å². The first-order valence-electron chi connectivity index (χ1n) is 7.81. The van der Waals surface area contributed by atoms with Crippen LogP contribution in [0.1, 0.15) is 54.4 Å². The van der Waals surface area contributed by atoms with Crippen molar-refractivity contribution in [3.8, 4) is 0 Å². The third kappa shape index (κ3) is 5.80. The lowest BCUT2D eigenvalue weighted by Gasteiger charge is -2.36. The van der Waals surface area contributed by atoms with E-state index in [0.29, 0.717) is 11.3 Å². The van der Waals surface area contributed by atoms with Crippen LogP contribution in [0.5, 0.6) is 0 Å². The van der Waals surface area contributed by atoms with Gasteiger partial charge in [0.05, 0.1) is 6.10 Å². The number of aliphatic hydroxyl groups is 1. The van der Waals surface area contributed by atoms with Gasteiger partial charge in [0.25, 0.3) is 0 Å². The molecule has 0 aromatic rings. The van der Waals surface area contributed by atoms with Crippen LogP contribution in [0.2, 0.25) is 0 Å². The van der Waals surface area contributed by atoms with Crippen molar-refractivity contribution >= 4 is 0 Å². The summed E-state index contributed by atoms with van der Waals surface area (Å²) in [5.41, 5.74) is 0.504. The summed E-state index contributed by atoms with van der Waals surface area (Å²) >= 11 is 0. The summed E-state index contributed by atoms with van der Waals surface area (Å²) in [5.74, 6) is 0.469. The van der Waals surface area contributed by atoms with Crippen LogP contribution in [0.4, 0.5) is 0 Å². The van der Waals surface area contributed by atoms with Crippen LogP contribution in [0.25, 0.3) is 0 Å². The number of hydrogen-bond acceptors (Lipinski definition) is 3. The predicted molar refractivity (Wildman–Crippen MR) is 82.4 cm³/mol. The zero-order chi connectivity index (χ0) is 14.7. The molecule has 0 amide bonds. The maximum absolute atomic E-state index is 9.70. The lowest BCUT2D eigenvalue weighted by molar-refractivity contribution is 0.116. The molecule has 114 valence electrons. The second-order valence-corrected chi connectivity index (χ2v) is 7.79. The molecule has 0 bridgehead atoms. The molecule has 3 atom stereocenters. The van der Waals surface area contributed by atoms with Crippen LogP contribution in [0, 0.1) is 11.3 Å². The first-order chi connectivity index (χ1) is 8.65. The van der Waals surface area contributed by atoms with E-state index in [4.69, 9.17) is 0 Å². The molecule has 1 saturated heterocycles. The molecule has 3 nitrogen and oxygen atoms in total. The van der Waals surface area contributed by atoms with E-state index in [2.05, 4.69) is 44.8 Å². The number of hydrogen-bond donors (Lipinski definition) is 2. The van der Waals surface area contributed by atoms with Crippen molar-refractivity contribution < 1.29 is 5.11 Å². The van der Waals surface area contributed by atoms with Gasteiger partial charge >= 0.3 is 0 Å². The Morgan fingerprint density at radius 2 is 1.95 bits per heavy atom. The Balaban J connectivity index is 2.47. The van der Waals surface area contributed by atoms with Crippen molar-refractivity contribution in [1.29, 1.82) is 0 Å². The van der Waals surface area contributed by atoms with Crippen molar-refractivity contribution in [2.75, 3.05) is 26.2 Å². The highest BCUT2D eigenvalue weighted by atomic mass is 16.3. The second kappa shape index (κ2) is 6.55. The summed E-state index contributed by atoms with van der Waals surface area (Å²) in [4.78, 5) is 2.53. The molecule has 1 fully saturated rings. The van der Waals surface area contributed by atoms with Gasteiger partial charge in [0.15, 0.2) is 0 Å². The number of rotatable bonds is 6. The van der Waals surface area contributed by atoms with Gasteiger partial charge in [0.1, 0.15) is 0 Å². The SMILES string of the molecule is CCC(C)(CNC(C)(C)C)CN1CCC(C(C)O)C1. The minimum absolute atomic E-state index is 0.161. The molecule has 0 aromatic carbocycles. The van der Waals surface area contributed by atoms with Crippen molar-refractivity contribution in [2.45, 2.75) is 66.0 Å². The lowest BCUT2D eigenvalue weighted by Crippen LogP contribution is -2.47. The maximum atomic E-state index is 9.70. The Hall–Kier alpha value is -0.120. The number of likely N-dealkylation sites (tertiary alicyclic amines) is 1. The second-order valence-electron chi connectivity index (χ2n) is 7.79. The summed E-state index contributed by atoms with van der Waals surface area (Å²) in [7, 11) is 0. The van der Waals surface area contributed by atoms with Gasteiger partial charge in [0.2, 0.25) is 0 Å². The summed E-state index contributed by atoms with van der Waals surface area (Å²) in [5, 5.41) is 13.3. The fraction of sp³-hybridized carbons (Fsp3) is 1.00. The van der Waals surface area contributed by atoms with Crippen LogP contribution in [-0.4, -0.2) is 47.8 Å². The molecular weight excluding hydrogens is 236 g/mol. The average molecular weight is 270 g/mol. The molecule has 3 heteroatoms. The Morgan fingerprint density at radius 1 is 1.32 bits per heavy atom. The summed E-state index contributed by atoms with van der Waals surface area (Å²) in [6, 6.07) is 0. The number of nitrogens with zero attached hydrogens (tertiary/aromatic N) is 1. The summed E-state index contributed by atoms with van der Waals surface area (Å²) in [6.45, 7) is 17.7. The van der Waals surface area contributed by atoms with Gasteiger partial charge < -0.3 is 15.3 Å². The van der Waals surface area contributed by atoms with E-state index in [-0.39, 0.29) is 11.6 Å². The quantitative estimate of drug-likeness (QED) is 0.778.